The summed E-state index contributed by atoms with van der Waals surface area (Å²) >= 11 is 0. The van der Waals surface area contributed by atoms with Gasteiger partial charge in [-0.05, 0) is 117 Å². The number of fused-ring (bicyclic) bond motifs is 5. The molecule has 0 N–H and O–H groups in total. The van der Waals surface area contributed by atoms with Gasteiger partial charge in [-0.3, -0.25) is 0 Å². The summed E-state index contributed by atoms with van der Waals surface area (Å²) < 4.78 is 0. The average molecular weight is 453 g/mol. The Kier molecular flexibility index (Phi) is 7.98. The van der Waals surface area contributed by atoms with Gasteiger partial charge < -0.3 is 0 Å². The van der Waals surface area contributed by atoms with Crippen molar-refractivity contribution in [2.75, 3.05) is 0 Å². The molecule has 5 aliphatic carbocycles. The first kappa shape index (κ1) is 24.4. The highest BCUT2D eigenvalue weighted by Gasteiger charge is 2.49. The molecule has 188 valence electrons. The lowest BCUT2D eigenvalue weighted by Crippen LogP contribution is -2.36. The number of rotatable bonds is 5. The van der Waals surface area contributed by atoms with Crippen molar-refractivity contribution in [3.8, 4) is 0 Å². The second kappa shape index (κ2) is 10.8. The Balaban J connectivity index is 1.33. The lowest BCUT2D eigenvalue weighted by atomic mass is 9.61. The second-order valence-corrected chi connectivity index (χ2v) is 14.2. The summed E-state index contributed by atoms with van der Waals surface area (Å²) in [5.41, 5.74) is 2.75. The zero-order chi connectivity index (χ0) is 22.8. The Morgan fingerprint density at radius 3 is 2.27 bits per heavy atom. The molecule has 4 fully saturated rings. The lowest BCUT2D eigenvalue weighted by molar-refractivity contribution is 0.100. The van der Waals surface area contributed by atoms with Crippen LogP contribution in [0.25, 0.3) is 0 Å². The molecule has 0 nitrogen and oxygen atoms in total. The van der Waals surface area contributed by atoms with Crippen LogP contribution in [0.5, 0.6) is 0 Å². The molecule has 0 aliphatic heterocycles. The van der Waals surface area contributed by atoms with Crippen molar-refractivity contribution in [1.82, 2.24) is 0 Å². The van der Waals surface area contributed by atoms with E-state index in [1.165, 1.54) is 77.0 Å². The first-order valence-corrected chi connectivity index (χ1v) is 15.8. The van der Waals surface area contributed by atoms with E-state index in [1.807, 2.05) is 5.57 Å². The molecule has 5 unspecified atom stereocenters. The topological polar surface area (TPSA) is 0 Å². The van der Waals surface area contributed by atoms with Crippen LogP contribution < -0.4 is 0 Å². The third-order valence-electron chi connectivity index (χ3n) is 11.7. The van der Waals surface area contributed by atoms with Crippen LogP contribution in [0.2, 0.25) is 0 Å². The fourth-order valence-corrected chi connectivity index (χ4v) is 9.66. The molecule has 5 aliphatic rings. The van der Waals surface area contributed by atoms with E-state index in [2.05, 4.69) is 26.8 Å². The maximum Gasteiger partial charge on any atom is -0.0172 e. The van der Waals surface area contributed by atoms with Crippen molar-refractivity contribution < 1.29 is 0 Å². The molecule has 5 rings (SSSR count). The van der Waals surface area contributed by atoms with Crippen LogP contribution in [0.4, 0.5) is 0 Å². The van der Waals surface area contributed by atoms with E-state index >= 15 is 0 Å². The normalized spacial score (nSPS) is 39.6. The van der Waals surface area contributed by atoms with E-state index in [1.54, 1.807) is 44.9 Å². The molecule has 0 heteroatoms. The van der Waals surface area contributed by atoms with E-state index in [0.717, 1.165) is 52.8 Å². The zero-order valence-electron chi connectivity index (χ0n) is 22.6. The van der Waals surface area contributed by atoms with Crippen LogP contribution >= 0.6 is 0 Å². The van der Waals surface area contributed by atoms with Gasteiger partial charge in [0.2, 0.25) is 0 Å². The monoisotopic (exact) mass is 452 g/mol. The van der Waals surface area contributed by atoms with Gasteiger partial charge in [0.1, 0.15) is 0 Å². The molecule has 0 aromatic heterocycles. The van der Waals surface area contributed by atoms with Gasteiger partial charge in [-0.2, -0.15) is 0 Å². The van der Waals surface area contributed by atoms with Gasteiger partial charge in [0, 0.05) is 0 Å². The SMILES string of the molecule is CC(C)CCCC(C)C1CCC2C3CC=C4CC5(CCCCC[C@H]4C3CCCCC[C@@H]12)CC5. The maximum absolute atomic E-state index is 2.87. The van der Waals surface area contributed by atoms with Gasteiger partial charge in [-0.15, -0.1) is 0 Å². The van der Waals surface area contributed by atoms with Crippen LogP contribution in [-0.4, -0.2) is 0 Å². The number of allylic oxidation sites excluding steroid dienone is 2. The van der Waals surface area contributed by atoms with Crippen molar-refractivity contribution >= 4 is 0 Å². The Morgan fingerprint density at radius 2 is 1.48 bits per heavy atom. The minimum Gasteiger partial charge on any atom is -0.0847 e. The van der Waals surface area contributed by atoms with Crippen LogP contribution in [0.1, 0.15) is 143 Å². The molecule has 1 spiro atoms. The van der Waals surface area contributed by atoms with Crippen molar-refractivity contribution in [3.05, 3.63) is 11.6 Å². The molecule has 0 radical (unpaired) electrons. The predicted octanol–water partition coefficient (Wildman–Crippen LogP) is 10.4. The molecule has 0 aromatic rings. The van der Waals surface area contributed by atoms with E-state index in [9.17, 15) is 0 Å². The Hall–Kier alpha value is -0.260. The molecule has 33 heavy (non-hydrogen) atoms. The largest absolute Gasteiger partial charge is 0.0847 e. The first-order chi connectivity index (χ1) is 16.1. The highest BCUT2D eigenvalue weighted by atomic mass is 14.5. The van der Waals surface area contributed by atoms with Gasteiger partial charge in [0.05, 0.1) is 0 Å². The fraction of sp³-hybridized carbons (Fsp3) is 0.939. The number of hydrogen-bond acceptors (Lipinski definition) is 0. The highest BCUT2D eigenvalue weighted by Crippen LogP contribution is 2.60. The van der Waals surface area contributed by atoms with E-state index < -0.39 is 0 Å². The molecule has 0 bridgehead atoms. The summed E-state index contributed by atoms with van der Waals surface area (Å²) in [6, 6.07) is 0. The van der Waals surface area contributed by atoms with Crippen molar-refractivity contribution in [1.29, 1.82) is 0 Å². The molecular formula is C33H56. The van der Waals surface area contributed by atoms with E-state index in [4.69, 9.17) is 0 Å². The van der Waals surface area contributed by atoms with Crippen molar-refractivity contribution in [2.24, 2.45) is 52.8 Å². The second-order valence-electron chi connectivity index (χ2n) is 14.2. The zero-order valence-corrected chi connectivity index (χ0v) is 22.6. The Morgan fingerprint density at radius 1 is 0.727 bits per heavy atom. The van der Waals surface area contributed by atoms with Crippen LogP contribution in [-0.2, 0) is 0 Å². The van der Waals surface area contributed by atoms with Crippen molar-refractivity contribution in [3.63, 3.8) is 0 Å². The Bertz CT molecular complexity index is 651. The van der Waals surface area contributed by atoms with Gasteiger partial charge >= 0.3 is 0 Å². The van der Waals surface area contributed by atoms with Crippen LogP contribution in [0.3, 0.4) is 0 Å². The van der Waals surface area contributed by atoms with Gasteiger partial charge in [0.15, 0.2) is 0 Å². The minimum absolute atomic E-state index is 0.770. The smallest absolute Gasteiger partial charge is 0.0172 e. The van der Waals surface area contributed by atoms with Crippen molar-refractivity contribution in [2.45, 2.75) is 143 Å². The van der Waals surface area contributed by atoms with Gasteiger partial charge in [0.25, 0.3) is 0 Å². The van der Waals surface area contributed by atoms with Crippen LogP contribution in [0.15, 0.2) is 11.6 Å². The summed E-state index contributed by atoms with van der Waals surface area (Å²) in [4.78, 5) is 0. The standard InChI is InChI=1S/C33H56/c1-24(2)11-10-12-25(3)27-18-19-32-29(27)14-6-4-7-15-30-28-13-8-5-9-20-33(21-22-33)23-26(28)16-17-31(30)32/h16,24-25,27-32H,4-15,17-23H2,1-3H3/t25?,27?,28-,29+,30?,31?,32?/m1/s1. The summed E-state index contributed by atoms with van der Waals surface area (Å²) in [7, 11) is 0. The van der Waals surface area contributed by atoms with Gasteiger partial charge in [-0.1, -0.05) is 90.2 Å². The maximum atomic E-state index is 2.87. The highest BCUT2D eigenvalue weighted by molar-refractivity contribution is 5.19. The minimum atomic E-state index is 0.770. The summed E-state index contributed by atoms with van der Waals surface area (Å²) in [5, 5.41) is 0. The summed E-state index contributed by atoms with van der Waals surface area (Å²) in [6.45, 7) is 7.45. The van der Waals surface area contributed by atoms with Crippen LogP contribution in [0, 0.1) is 52.8 Å². The first-order valence-electron chi connectivity index (χ1n) is 15.8. The molecule has 0 amide bonds. The number of hydrogen-bond donors (Lipinski definition) is 0. The Labute approximate surface area is 207 Å². The molecule has 4 saturated carbocycles. The average Bonchev–Trinajstić information content (AvgIpc) is 3.36. The molecule has 0 saturated heterocycles. The summed E-state index contributed by atoms with van der Waals surface area (Å²) in [6.07, 6.45) is 31.8. The molecular weight excluding hydrogens is 396 g/mol. The fourth-order valence-electron chi connectivity index (χ4n) is 9.66. The summed E-state index contributed by atoms with van der Waals surface area (Å²) in [5.74, 6) is 8.06. The molecule has 0 heterocycles. The molecule has 7 atom stereocenters. The third kappa shape index (κ3) is 5.61. The van der Waals surface area contributed by atoms with Gasteiger partial charge in [-0.25, -0.2) is 0 Å². The quantitative estimate of drug-likeness (QED) is 0.364. The predicted molar refractivity (Wildman–Crippen MR) is 143 cm³/mol. The molecule has 0 aromatic carbocycles. The van der Waals surface area contributed by atoms with E-state index in [-0.39, 0.29) is 0 Å². The van der Waals surface area contributed by atoms with E-state index in [0.29, 0.717) is 0 Å². The third-order valence-corrected chi connectivity index (χ3v) is 11.7. The lowest BCUT2D eigenvalue weighted by Gasteiger charge is -2.44.